The van der Waals surface area contributed by atoms with Crippen LogP contribution in [-0.2, 0) is 9.53 Å². The Labute approximate surface area is 145 Å². The van der Waals surface area contributed by atoms with Crippen molar-refractivity contribution in [3.63, 3.8) is 0 Å². The number of nitrogens with one attached hydrogen (secondary N) is 2. The number of imidazole rings is 1. The number of rotatable bonds is 4. The first-order valence-electron chi connectivity index (χ1n) is 8.43. The summed E-state index contributed by atoms with van der Waals surface area (Å²) in [5.41, 5.74) is 3.50. The summed E-state index contributed by atoms with van der Waals surface area (Å²) in [7, 11) is 0. The zero-order chi connectivity index (χ0) is 17.1. The van der Waals surface area contributed by atoms with Crippen molar-refractivity contribution in [2.24, 2.45) is 0 Å². The van der Waals surface area contributed by atoms with Gasteiger partial charge in [0.15, 0.2) is 0 Å². The molecule has 1 aliphatic heterocycles. The largest absolute Gasteiger partial charge is 0.370 e. The minimum absolute atomic E-state index is 0.0549. The highest BCUT2D eigenvalue weighted by atomic mass is 16.5. The molecule has 0 radical (unpaired) electrons. The Balaban J connectivity index is 1.47. The van der Waals surface area contributed by atoms with Gasteiger partial charge in [-0.3, -0.25) is 4.79 Å². The Bertz CT molecular complexity index is 909. The molecule has 2 N–H and O–H groups in total. The molecule has 0 aliphatic carbocycles. The zero-order valence-corrected chi connectivity index (χ0v) is 13.7. The maximum Gasteiger partial charge on any atom is 0.248 e. The van der Waals surface area contributed by atoms with Crippen LogP contribution in [0, 0.1) is 0 Å². The lowest BCUT2D eigenvalue weighted by molar-refractivity contribution is -0.111. The molecule has 0 saturated carbocycles. The Morgan fingerprint density at radius 1 is 1.24 bits per heavy atom. The number of nitrogens with zero attached hydrogens (tertiary/aromatic N) is 1. The second-order valence-electron chi connectivity index (χ2n) is 6.09. The fraction of sp³-hybridized carbons (Fsp3) is 0.200. The van der Waals surface area contributed by atoms with E-state index < -0.39 is 0 Å². The lowest BCUT2D eigenvalue weighted by atomic mass is 10.2. The molecule has 3 aromatic rings. The van der Waals surface area contributed by atoms with E-state index in [1.165, 1.54) is 6.08 Å². The van der Waals surface area contributed by atoms with Crippen LogP contribution >= 0.6 is 0 Å². The van der Waals surface area contributed by atoms with Gasteiger partial charge in [-0.15, -0.1) is 0 Å². The molecule has 1 fully saturated rings. The molecule has 0 spiro atoms. The highest BCUT2D eigenvalue weighted by molar-refractivity contribution is 6.02. The van der Waals surface area contributed by atoms with Gasteiger partial charge in [0.25, 0.3) is 0 Å². The minimum atomic E-state index is -0.165. The molecule has 2 aromatic carbocycles. The molecule has 1 saturated heterocycles. The fourth-order valence-corrected chi connectivity index (χ4v) is 2.97. The standard InChI is InChI=1S/C20H19N3O2/c24-19(11-8-14-5-2-1-3-6-14)21-15-9-10-16-17(13-15)23-20(22-16)18-7-4-12-25-18/h1-3,5-6,8-11,13,18H,4,7,12H2,(H,21,24)(H,22,23)/b11-8-/t18-/m1/s1. The summed E-state index contributed by atoms with van der Waals surface area (Å²) in [6, 6.07) is 15.4. The Morgan fingerprint density at radius 2 is 2.12 bits per heavy atom. The second kappa shape index (κ2) is 6.91. The molecular formula is C20H19N3O2. The molecule has 0 bridgehead atoms. The lowest BCUT2D eigenvalue weighted by Crippen LogP contribution is -2.07. The van der Waals surface area contributed by atoms with Crippen molar-refractivity contribution in [2.45, 2.75) is 18.9 Å². The summed E-state index contributed by atoms with van der Waals surface area (Å²) in [5.74, 6) is 0.696. The van der Waals surface area contributed by atoms with Gasteiger partial charge < -0.3 is 15.0 Å². The number of hydrogen-bond donors (Lipinski definition) is 2. The number of carbonyl (C=O) groups excluding carboxylic acids is 1. The smallest absolute Gasteiger partial charge is 0.248 e. The summed E-state index contributed by atoms with van der Waals surface area (Å²) in [6.45, 7) is 0.788. The monoisotopic (exact) mass is 333 g/mol. The van der Waals surface area contributed by atoms with Gasteiger partial charge >= 0.3 is 0 Å². The predicted molar refractivity (Wildman–Crippen MR) is 98.1 cm³/mol. The van der Waals surface area contributed by atoms with Crippen molar-refractivity contribution in [3.8, 4) is 0 Å². The van der Waals surface area contributed by atoms with Gasteiger partial charge in [-0.2, -0.15) is 0 Å². The Kier molecular flexibility index (Phi) is 4.31. The van der Waals surface area contributed by atoms with E-state index in [1.807, 2.05) is 48.5 Å². The molecule has 0 unspecified atom stereocenters. The Hall–Kier alpha value is -2.92. The molecule has 1 amide bonds. The Morgan fingerprint density at radius 3 is 2.92 bits per heavy atom. The molecule has 1 aromatic heterocycles. The van der Waals surface area contributed by atoms with Gasteiger partial charge in [0.05, 0.1) is 11.0 Å². The molecule has 5 nitrogen and oxygen atoms in total. The quantitative estimate of drug-likeness (QED) is 0.707. The zero-order valence-electron chi connectivity index (χ0n) is 13.7. The van der Waals surface area contributed by atoms with Crippen molar-refractivity contribution < 1.29 is 9.53 Å². The van der Waals surface area contributed by atoms with Crippen LogP contribution in [0.25, 0.3) is 17.1 Å². The van der Waals surface area contributed by atoms with Gasteiger partial charge in [-0.05, 0) is 42.7 Å². The van der Waals surface area contributed by atoms with E-state index in [-0.39, 0.29) is 12.0 Å². The van der Waals surface area contributed by atoms with Gasteiger partial charge in [-0.1, -0.05) is 30.3 Å². The third-order valence-electron chi connectivity index (χ3n) is 4.23. The summed E-state index contributed by atoms with van der Waals surface area (Å²) in [6.07, 6.45) is 5.44. The van der Waals surface area contributed by atoms with E-state index in [2.05, 4.69) is 15.3 Å². The van der Waals surface area contributed by atoms with Crippen molar-refractivity contribution in [2.75, 3.05) is 11.9 Å². The number of H-pyrrole nitrogens is 1. The minimum Gasteiger partial charge on any atom is -0.370 e. The van der Waals surface area contributed by atoms with Crippen molar-refractivity contribution >= 4 is 28.7 Å². The molecule has 1 aliphatic rings. The van der Waals surface area contributed by atoms with Crippen LogP contribution < -0.4 is 5.32 Å². The van der Waals surface area contributed by atoms with Crippen molar-refractivity contribution in [3.05, 3.63) is 66.0 Å². The van der Waals surface area contributed by atoms with Crippen LogP contribution in [0.2, 0.25) is 0 Å². The van der Waals surface area contributed by atoms with E-state index in [1.54, 1.807) is 6.08 Å². The maximum atomic E-state index is 12.1. The number of hydrogen-bond acceptors (Lipinski definition) is 3. The fourth-order valence-electron chi connectivity index (χ4n) is 2.97. The average Bonchev–Trinajstić information content (AvgIpc) is 3.30. The average molecular weight is 333 g/mol. The summed E-state index contributed by atoms with van der Waals surface area (Å²) < 4.78 is 5.66. The summed E-state index contributed by atoms with van der Waals surface area (Å²) in [5, 5.41) is 2.88. The van der Waals surface area contributed by atoms with Gasteiger partial charge in [0, 0.05) is 18.4 Å². The highest BCUT2D eigenvalue weighted by Gasteiger charge is 2.21. The van der Waals surface area contributed by atoms with Gasteiger partial charge in [0.2, 0.25) is 5.91 Å². The van der Waals surface area contributed by atoms with E-state index in [4.69, 9.17) is 4.74 Å². The molecular weight excluding hydrogens is 314 g/mol. The number of aromatic nitrogens is 2. The molecule has 2 heterocycles. The molecule has 4 rings (SSSR count). The molecule has 1 atom stereocenters. The van der Waals surface area contributed by atoms with E-state index >= 15 is 0 Å². The second-order valence-corrected chi connectivity index (χ2v) is 6.09. The first kappa shape index (κ1) is 15.6. The lowest BCUT2D eigenvalue weighted by Gasteiger charge is -2.03. The van der Waals surface area contributed by atoms with Gasteiger partial charge in [0.1, 0.15) is 11.9 Å². The predicted octanol–water partition coefficient (Wildman–Crippen LogP) is 4.07. The first-order valence-corrected chi connectivity index (χ1v) is 8.43. The van der Waals surface area contributed by atoms with E-state index in [0.29, 0.717) is 0 Å². The van der Waals surface area contributed by atoms with Crippen LogP contribution in [0.15, 0.2) is 54.6 Å². The number of aromatic amines is 1. The topological polar surface area (TPSA) is 67.0 Å². The SMILES string of the molecule is O=C(/C=C\c1ccccc1)Nc1ccc2nc([C@H]3CCCO3)[nH]c2c1. The number of anilines is 1. The summed E-state index contributed by atoms with van der Waals surface area (Å²) in [4.78, 5) is 20.0. The van der Waals surface area contributed by atoms with Crippen LogP contribution in [0.4, 0.5) is 5.69 Å². The molecule has 25 heavy (non-hydrogen) atoms. The number of fused-ring (bicyclic) bond motifs is 1. The molecule has 126 valence electrons. The van der Waals surface area contributed by atoms with E-state index in [9.17, 15) is 4.79 Å². The van der Waals surface area contributed by atoms with Crippen LogP contribution in [-0.4, -0.2) is 22.5 Å². The van der Waals surface area contributed by atoms with Crippen molar-refractivity contribution in [1.29, 1.82) is 0 Å². The third-order valence-corrected chi connectivity index (χ3v) is 4.23. The number of ether oxygens (including phenoxy) is 1. The van der Waals surface area contributed by atoms with Crippen molar-refractivity contribution in [1.82, 2.24) is 9.97 Å². The van der Waals surface area contributed by atoms with E-state index in [0.717, 1.165) is 47.6 Å². The highest BCUT2D eigenvalue weighted by Crippen LogP contribution is 2.28. The van der Waals surface area contributed by atoms with Crippen LogP contribution in [0.5, 0.6) is 0 Å². The number of benzene rings is 2. The number of amides is 1. The molecule has 5 heteroatoms. The number of carbonyl (C=O) groups is 1. The first-order chi connectivity index (χ1) is 12.3. The van der Waals surface area contributed by atoms with Crippen LogP contribution in [0.3, 0.4) is 0 Å². The van der Waals surface area contributed by atoms with Gasteiger partial charge in [-0.25, -0.2) is 4.98 Å². The summed E-state index contributed by atoms with van der Waals surface area (Å²) >= 11 is 0. The third kappa shape index (κ3) is 3.61. The van der Waals surface area contributed by atoms with Crippen LogP contribution in [0.1, 0.15) is 30.3 Å². The maximum absolute atomic E-state index is 12.1. The normalized spacial score (nSPS) is 17.4.